The number of rotatable bonds is 2. The first-order chi connectivity index (χ1) is 4.83. The molecule has 3 nitrogen and oxygen atoms in total. The Morgan fingerprint density at radius 1 is 1.60 bits per heavy atom. The molecule has 0 amide bonds. The number of hydrogen-bond donors (Lipinski definition) is 0. The van der Waals surface area contributed by atoms with Crippen LogP contribution in [0.1, 0.15) is 13.3 Å². The van der Waals surface area contributed by atoms with Gasteiger partial charge in [-0.1, -0.05) is 0 Å². The third kappa shape index (κ3) is 1.98. The summed E-state index contributed by atoms with van der Waals surface area (Å²) in [4.78, 5) is 3.34. The molecule has 1 unspecified atom stereocenters. The molecular weight excluding hydrogens is 130 g/mol. The van der Waals surface area contributed by atoms with Crippen LogP contribution in [0.25, 0.3) is 4.85 Å². The van der Waals surface area contributed by atoms with E-state index in [2.05, 4.69) is 4.85 Å². The zero-order chi connectivity index (χ0) is 7.40. The molecule has 0 spiro atoms. The summed E-state index contributed by atoms with van der Waals surface area (Å²) in [5.74, 6) is 0. The van der Waals surface area contributed by atoms with Crippen LogP contribution in [0.3, 0.4) is 0 Å². The molecule has 0 aromatic rings. The lowest BCUT2D eigenvalue weighted by Crippen LogP contribution is -2.13. The van der Waals surface area contributed by atoms with E-state index in [4.69, 9.17) is 16.0 Å². The van der Waals surface area contributed by atoms with Gasteiger partial charge in [0.1, 0.15) is 0 Å². The van der Waals surface area contributed by atoms with Crippen molar-refractivity contribution in [1.29, 1.82) is 0 Å². The minimum Gasteiger partial charge on any atom is -0.350 e. The van der Waals surface area contributed by atoms with Gasteiger partial charge in [0, 0.05) is 6.92 Å². The lowest BCUT2D eigenvalue weighted by Gasteiger charge is -2.06. The van der Waals surface area contributed by atoms with Gasteiger partial charge in [-0.05, 0) is 0 Å². The third-order valence-electron chi connectivity index (χ3n) is 1.44. The van der Waals surface area contributed by atoms with Crippen molar-refractivity contribution < 1.29 is 9.47 Å². The summed E-state index contributed by atoms with van der Waals surface area (Å²) in [5, 5.41) is 0. The SMILES string of the molecule is [C-]#[N+]C(C)CC1OCCO1. The molecule has 1 aliphatic heterocycles. The zero-order valence-electron chi connectivity index (χ0n) is 6.04. The molecule has 1 fully saturated rings. The molecule has 0 bridgehead atoms. The lowest BCUT2D eigenvalue weighted by molar-refractivity contribution is -0.0477. The van der Waals surface area contributed by atoms with Crippen molar-refractivity contribution in [2.75, 3.05) is 13.2 Å². The van der Waals surface area contributed by atoms with E-state index >= 15 is 0 Å². The second-order valence-corrected chi connectivity index (χ2v) is 2.38. The quantitative estimate of drug-likeness (QED) is 0.536. The van der Waals surface area contributed by atoms with E-state index in [9.17, 15) is 0 Å². The van der Waals surface area contributed by atoms with Crippen LogP contribution >= 0.6 is 0 Å². The monoisotopic (exact) mass is 141 g/mol. The molecule has 10 heavy (non-hydrogen) atoms. The van der Waals surface area contributed by atoms with Gasteiger partial charge in [0.15, 0.2) is 6.29 Å². The van der Waals surface area contributed by atoms with Crippen LogP contribution < -0.4 is 0 Å². The molecule has 1 saturated heterocycles. The predicted molar refractivity (Wildman–Crippen MR) is 36.4 cm³/mol. The van der Waals surface area contributed by atoms with E-state index in [-0.39, 0.29) is 12.3 Å². The number of hydrogen-bond acceptors (Lipinski definition) is 2. The van der Waals surface area contributed by atoms with Gasteiger partial charge < -0.3 is 14.3 Å². The highest BCUT2D eigenvalue weighted by Crippen LogP contribution is 2.11. The summed E-state index contributed by atoms with van der Waals surface area (Å²) in [6.45, 7) is 9.91. The Morgan fingerprint density at radius 3 is 2.70 bits per heavy atom. The van der Waals surface area contributed by atoms with E-state index in [1.165, 1.54) is 0 Å². The predicted octanol–water partition coefficient (Wildman–Crippen LogP) is 1.06. The largest absolute Gasteiger partial charge is 0.350 e. The first kappa shape index (κ1) is 7.52. The summed E-state index contributed by atoms with van der Waals surface area (Å²) >= 11 is 0. The van der Waals surface area contributed by atoms with Crippen molar-refractivity contribution in [3.05, 3.63) is 11.4 Å². The first-order valence-corrected chi connectivity index (χ1v) is 3.42. The van der Waals surface area contributed by atoms with Crippen LogP contribution in [0.2, 0.25) is 0 Å². The highest BCUT2D eigenvalue weighted by molar-refractivity contribution is 4.74. The molecule has 0 aliphatic carbocycles. The van der Waals surface area contributed by atoms with Gasteiger partial charge in [-0.2, -0.15) is 0 Å². The smallest absolute Gasteiger partial charge is 0.225 e. The number of ether oxygens (including phenoxy) is 2. The van der Waals surface area contributed by atoms with Crippen LogP contribution in [0.5, 0.6) is 0 Å². The normalized spacial score (nSPS) is 22.4. The van der Waals surface area contributed by atoms with Gasteiger partial charge in [-0.25, -0.2) is 6.57 Å². The van der Waals surface area contributed by atoms with E-state index in [0.717, 1.165) is 0 Å². The Bertz CT molecular complexity index is 135. The van der Waals surface area contributed by atoms with E-state index in [1.54, 1.807) is 0 Å². The molecule has 1 atom stereocenters. The summed E-state index contributed by atoms with van der Waals surface area (Å²) in [6.07, 6.45) is 0.577. The van der Waals surface area contributed by atoms with Crippen molar-refractivity contribution in [3.8, 4) is 0 Å². The molecule has 0 saturated carbocycles. The van der Waals surface area contributed by atoms with Crippen molar-refractivity contribution in [1.82, 2.24) is 0 Å². The second kappa shape index (κ2) is 3.55. The summed E-state index contributed by atoms with van der Waals surface area (Å²) in [5.41, 5.74) is 0. The Kier molecular flexibility index (Phi) is 2.67. The Hall–Kier alpha value is -0.590. The van der Waals surface area contributed by atoms with E-state index < -0.39 is 0 Å². The minimum absolute atomic E-state index is 0.0168. The van der Waals surface area contributed by atoms with Crippen molar-refractivity contribution in [2.45, 2.75) is 25.7 Å². The fourth-order valence-electron chi connectivity index (χ4n) is 0.875. The average molecular weight is 141 g/mol. The number of nitrogens with zero attached hydrogens (tertiary/aromatic N) is 1. The summed E-state index contributed by atoms with van der Waals surface area (Å²) < 4.78 is 10.3. The van der Waals surface area contributed by atoms with Crippen LogP contribution in [-0.4, -0.2) is 25.5 Å². The van der Waals surface area contributed by atoms with Gasteiger partial charge in [-0.3, -0.25) is 0 Å². The Labute approximate surface area is 60.8 Å². The van der Waals surface area contributed by atoms with E-state index in [0.29, 0.717) is 19.6 Å². The molecule has 1 heterocycles. The molecule has 56 valence electrons. The maximum absolute atomic E-state index is 6.69. The molecule has 0 radical (unpaired) electrons. The fourth-order valence-corrected chi connectivity index (χ4v) is 0.875. The molecule has 1 aliphatic rings. The van der Waals surface area contributed by atoms with Crippen molar-refractivity contribution >= 4 is 0 Å². The Balaban J connectivity index is 2.19. The standard InChI is InChI=1S/C7H11NO2/c1-6(8-2)5-7-9-3-4-10-7/h6-7H,3-5H2,1H3. The van der Waals surface area contributed by atoms with E-state index in [1.807, 2.05) is 6.92 Å². The highest BCUT2D eigenvalue weighted by Gasteiger charge is 2.20. The first-order valence-electron chi connectivity index (χ1n) is 3.42. The minimum atomic E-state index is -0.121. The van der Waals surface area contributed by atoms with Crippen molar-refractivity contribution in [2.24, 2.45) is 0 Å². The maximum Gasteiger partial charge on any atom is 0.225 e. The van der Waals surface area contributed by atoms with Crippen molar-refractivity contribution in [3.63, 3.8) is 0 Å². The van der Waals surface area contributed by atoms with Crippen LogP contribution in [0.15, 0.2) is 0 Å². The molecule has 0 aromatic carbocycles. The molecule has 3 heteroatoms. The Morgan fingerprint density at radius 2 is 2.20 bits per heavy atom. The molecule has 0 N–H and O–H groups in total. The average Bonchev–Trinajstić information content (AvgIpc) is 2.40. The van der Waals surface area contributed by atoms with Gasteiger partial charge in [-0.15, -0.1) is 0 Å². The third-order valence-corrected chi connectivity index (χ3v) is 1.44. The topological polar surface area (TPSA) is 22.8 Å². The molecule has 1 rings (SSSR count). The summed E-state index contributed by atoms with van der Waals surface area (Å²) in [7, 11) is 0. The van der Waals surface area contributed by atoms with Gasteiger partial charge >= 0.3 is 0 Å². The fraction of sp³-hybridized carbons (Fsp3) is 0.857. The van der Waals surface area contributed by atoms with Gasteiger partial charge in [0.05, 0.1) is 19.6 Å². The van der Waals surface area contributed by atoms with Crippen LogP contribution in [0, 0.1) is 6.57 Å². The highest BCUT2D eigenvalue weighted by atomic mass is 16.7. The molecule has 0 aromatic heterocycles. The second-order valence-electron chi connectivity index (χ2n) is 2.38. The van der Waals surface area contributed by atoms with Crippen LogP contribution in [0.4, 0.5) is 0 Å². The van der Waals surface area contributed by atoms with Gasteiger partial charge in [0.25, 0.3) is 0 Å². The maximum atomic E-state index is 6.69. The molecular formula is C7H11NO2. The van der Waals surface area contributed by atoms with Crippen LogP contribution in [-0.2, 0) is 9.47 Å². The zero-order valence-corrected chi connectivity index (χ0v) is 6.04. The summed E-state index contributed by atoms with van der Waals surface area (Å²) in [6, 6.07) is 0.0168. The lowest BCUT2D eigenvalue weighted by atomic mass is 10.2. The van der Waals surface area contributed by atoms with Gasteiger partial charge in [0.2, 0.25) is 6.04 Å².